The van der Waals surface area contributed by atoms with Crippen molar-refractivity contribution in [3.8, 4) is 0 Å². The Bertz CT molecular complexity index is 66.5. The second-order valence-electron chi connectivity index (χ2n) is 2.02. The van der Waals surface area contributed by atoms with Crippen LogP contribution in [-0.2, 0) is 4.74 Å². The Morgan fingerprint density at radius 3 is 3.25 bits per heavy atom. The van der Waals surface area contributed by atoms with E-state index in [9.17, 15) is 0 Å². The molecule has 1 aliphatic rings. The molecule has 0 bridgehead atoms. The molecule has 0 fully saturated rings. The van der Waals surface area contributed by atoms with Gasteiger partial charge in [0.05, 0.1) is 6.61 Å². The van der Waals surface area contributed by atoms with Gasteiger partial charge in [0.1, 0.15) is 0 Å². The predicted molar refractivity (Wildman–Crippen MR) is 32.2 cm³/mol. The molecule has 0 spiro atoms. The number of allylic oxidation sites excluding steroid dienone is 1. The minimum atomic E-state index is 0.858. The summed E-state index contributed by atoms with van der Waals surface area (Å²) < 4.78 is 4.97. The zero-order valence-electron chi connectivity index (χ0n) is 5.02. The van der Waals surface area contributed by atoms with Gasteiger partial charge in [-0.1, -0.05) is 0 Å². The first kappa shape index (κ1) is 5.67. The molecule has 0 aromatic heterocycles. The smallest absolute Gasteiger partial charge is 0.156 e. The molecule has 1 aliphatic heterocycles. The van der Waals surface area contributed by atoms with E-state index in [1.54, 1.807) is 0 Å². The van der Waals surface area contributed by atoms with Crippen LogP contribution in [0.25, 0.3) is 0 Å². The van der Waals surface area contributed by atoms with Crippen molar-refractivity contribution in [2.75, 3.05) is 6.61 Å². The van der Waals surface area contributed by atoms with Crippen LogP contribution in [0.1, 0.15) is 25.7 Å². The molecule has 1 rings (SSSR count). The fraction of sp³-hybridized carbons (Fsp3) is 0.714. The van der Waals surface area contributed by atoms with Crippen molar-refractivity contribution in [3.63, 3.8) is 0 Å². The summed E-state index contributed by atoms with van der Waals surface area (Å²) in [5, 5.41) is 0. The summed E-state index contributed by atoms with van der Waals surface area (Å²) in [5.74, 6) is 0. The molecule has 1 nitrogen and oxygen atoms in total. The fourth-order valence-corrected chi connectivity index (χ4v) is 0.774. The first-order valence-corrected chi connectivity index (χ1v) is 3.19. The molecule has 0 aromatic rings. The van der Waals surface area contributed by atoms with Gasteiger partial charge in [0.15, 0.2) is 6.26 Å². The second-order valence-corrected chi connectivity index (χ2v) is 2.02. The molecule has 1 heteroatoms. The molecule has 0 saturated heterocycles. The summed E-state index contributed by atoms with van der Waals surface area (Å²) in [6, 6.07) is 0. The molecule has 0 unspecified atom stereocenters. The maximum absolute atomic E-state index is 4.97. The monoisotopic (exact) mass is 111 g/mol. The van der Waals surface area contributed by atoms with Crippen molar-refractivity contribution >= 4 is 0 Å². The lowest BCUT2D eigenvalue weighted by Crippen LogP contribution is -1.90. The molecule has 8 heavy (non-hydrogen) atoms. The Balaban J connectivity index is 2.17. The van der Waals surface area contributed by atoms with Gasteiger partial charge in [-0.05, 0) is 31.8 Å². The van der Waals surface area contributed by atoms with Crippen LogP contribution in [-0.4, -0.2) is 6.61 Å². The standard InChI is InChI=1S/C7H11O/c1-2-4-6-8-7-5-3-1/h4H,1-3,5,7H2. The summed E-state index contributed by atoms with van der Waals surface area (Å²) in [6.45, 7) is 0.858. The highest BCUT2D eigenvalue weighted by atomic mass is 16.5. The minimum Gasteiger partial charge on any atom is -0.490 e. The van der Waals surface area contributed by atoms with Crippen molar-refractivity contribution in [2.24, 2.45) is 0 Å². The minimum absolute atomic E-state index is 0.858. The van der Waals surface area contributed by atoms with Gasteiger partial charge < -0.3 is 4.74 Å². The lowest BCUT2D eigenvalue weighted by atomic mass is 10.2. The third-order valence-corrected chi connectivity index (χ3v) is 1.26. The number of hydrogen-bond acceptors (Lipinski definition) is 1. The van der Waals surface area contributed by atoms with E-state index < -0.39 is 0 Å². The fourth-order valence-electron chi connectivity index (χ4n) is 0.774. The van der Waals surface area contributed by atoms with E-state index in [2.05, 4.69) is 6.26 Å². The van der Waals surface area contributed by atoms with E-state index in [-0.39, 0.29) is 0 Å². The predicted octanol–water partition coefficient (Wildman–Crippen LogP) is 1.89. The normalized spacial score (nSPS) is 25.0. The average Bonchev–Trinajstić information content (AvgIpc) is 1.62. The van der Waals surface area contributed by atoms with Crippen LogP contribution in [0.15, 0.2) is 6.08 Å². The van der Waals surface area contributed by atoms with Crippen molar-refractivity contribution in [1.29, 1.82) is 0 Å². The van der Waals surface area contributed by atoms with Crippen LogP contribution >= 0.6 is 0 Å². The lowest BCUT2D eigenvalue weighted by Gasteiger charge is -2.01. The van der Waals surface area contributed by atoms with Crippen molar-refractivity contribution in [3.05, 3.63) is 12.3 Å². The Kier molecular flexibility index (Phi) is 2.50. The first-order chi connectivity index (χ1) is 4.00. The van der Waals surface area contributed by atoms with E-state index in [1.807, 2.05) is 6.08 Å². The molecule has 0 atom stereocenters. The molecular formula is C7H11O. The Labute approximate surface area is 50.3 Å². The highest BCUT2D eigenvalue weighted by molar-refractivity contribution is 4.68. The van der Waals surface area contributed by atoms with E-state index in [1.165, 1.54) is 19.3 Å². The maximum atomic E-state index is 4.97. The highest BCUT2D eigenvalue weighted by Crippen LogP contribution is 2.03. The Hall–Kier alpha value is -0.460. The zero-order chi connectivity index (χ0) is 5.66. The summed E-state index contributed by atoms with van der Waals surface area (Å²) in [5.41, 5.74) is 0. The summed E-state index contributed by atoms with van der Waals surface area (Å²) in [7, 11) is 0. The first-order valence-electron chi connectivity index (χ1n) is 3.19. The quantitative estimate of drug-likeness (QED) is 0.464. The molecule has 45 valence electrons. The average molecular weight is 111 g/mol. The van der Waals surface area contributed by atoms with Gasteiger partial charge in [-0.2, -0.15) is 0 Å². The third-order valence-electron chi connectivity index (χ3n) is 1.26. The largest absolute Gasteiger partial charge is 0.490 e. The molecule has 0 saturated carbocycles. The third kappa shape index (κ3) is 2.01. The van der Waals surface area contributed by atoms with Crippen LogP contribution in [0, 0.1) is 6.26 Å². The summed E-state index contributed by atoms with van der Waals surface area (Å²) in [4.78, 5) is 0. The van der Waals surface area contributed by atoms with Crippen molar-refractivity contribution in [1.82, 2.24) is 0 Å². The summed E-state index contributed by atoms with van der Waals surface area (Å²) >= 11 is 0. The lowest BCUT2D eigenvalue weighted by molar-refractivity contribution is 0.215. The Morgan fingerprint density at radius 2 is 2.25 bits per heavy atom. The summed E-state index contributed by atoms with van der Waals surface area (Å²) in [6.07, 6.45) is 9.67. The van der Waals surface area contributed by atoms with Gasteiger partial charge >= 0.3 is 0 Å². The van der Waals surface area contributed by atoms with Crippen LogP contribution in [0.2, 0.25) is 0 Å². The van der Waals surface area contributed by atoms with Crippen LogP contribution < -0.4 is 0 Å². The van der Waals surface area contributed by atoms with E-state index >= 15 is 0 Å². The van der Waals surface area contributed by atoms with Crippen molar-refractivity contribution in [2.45, 2.75) is 25.7 Å². The van der Waals surface area contributed by atoms with Crippen molar-refractivity contribution < 1.29 is 4.74 Å². The topological polar surface area (TPSA) is 9.23 Å². The molecule has 0 aliphatic carbocycles. The van der Waals surface area contributed by atoms with Gasteiger partial charge in [0.25, 0.3) is 0 Å². The molecule has 1 radical (unpaired) electrons. The van der Waals surface area contributed by atoms with E-state index in [4.69, 9.17) is 4.74 Å². The number of hydrogen-bond donors (Lipinski definition) is 0. The van der Waals surface area contributed by atoms with E-state index in [0.29, 0.717) is 0 Å². The van der Waals surface area contributed by atoms with Gasteiger partial charge in [-0.25, -0.2) is 0 Å². The van der Waals surface area contributed by atoms with Crippen LogP contribution in [0.5, 0.6) is 0 Å². The van der Waals surface area contributed by atoms with Gasteiger partial charge in [-0.3, -0.25) is 0 Å². The van der Waals surface area contributed by atoms with Crippen LogP contribution in [0.3, 0.4) is 0 Å². The molecular weight excluding hydrogens is 100 g/mol. The van der Waals surface area contributed by atoms with Gasteiger partial charge in [0, 0.05) is 0 Å². The number of rotatable bonds is 0. The zero-order valence-corrected chi connectivity index (χ0v) is 5.02. The molecule has 0 aromatic carbocycles. The van der Waals surface area contributed by atoms with Gasteiger partial charge in [-0.15, -0.1) is 0 Å². The molecule has 0 N–H and O–H groups in total. The second kappa shape index (κ2) is 3.53. The number of ether oxygens (including phenoxy) is 1. The molecule has 0 amide bonds. The SMILES string of the molecule is [C]1=C\CCCCCO/1. The van der Waals surface area contributed by atoms with Gasteiger partial charge in [0.2, 0.25) is 0 Å². The highest BCUT2D eigenvalue weighted by Gasteiger charge is 1.90. The molecule has 1 heterocycles. The van der Waals surface area contributed by atoms with Crippen LogP contribution in [0.4, 0.5) is 0 Å². The van der Waals surface area contributed by atoms with E-state index in [0.717, 1.165) is 13.0 Å². The maximum Gasteiger partial charge on any atom is 0.156 e. The Morgan fingerprint density at radius 1 is 1.25 bits per heavy atom.